The van der Waals surface area contributed by atoms with Crippen LogP contribution in [0.1, 0.15) is 12.0 Å². The summed E-state index contributed by atoms with van der Waals surface area (Å²) in [6.07, 6.45) is 1.95. The summed E-state index contributed by atoms with van der Waals surface area (Å²) < 4.78 is 22.3. The van der Waals surface area contributed by atoms with E-state index < -0.39 is 9.05 Å². The molecular formula is C15H15ClN2O3S. The molecule has 2 aromatic rings. The second-order valence-electron chi connectivity index (χ2n) is 5.54. The number of para-hydroxylation sites is 1. The van der Waals surface area contributed by atoms with Crippen LogP contribution in [-0.2, 0) is 20.4 Å². The largest absolute Gasteiger partial charge is 0.338 e. The molecule has 0 N–H and O–H groups in total. The summed E-state index contributed by atoms with van der Waals surface area (Å²) in [5, 5.41) is 1.01. The van der Waals surface area contributed by atoms with Crippen molar-refractivity contribution in [3.63, 3.8) is 0 Å². The number of likely N-dealkylation sites (tertiary alicyclic amines) is 1. The first kappa shape index (κ1) is 15.2. The number of hydrogen-bond donors (Lipinski definition) is 0. The maximum atomic E-state index is 12.1. The number of benzene rings is 1. The number of nitrogens with zero attached hydrogens (tertiary/aromatic N) is 2. The van der Waals surface area contributed by atoms with Crippen LogP contribution in [-0.4, -0.2) is 36.5 Å². The van der Waals surface area contributed by atoms with Crippen molar-refractivity contribution in [1.82, 2.24) is 9.88 Å². The van der Waals surface area contributed by atoms with Gasteiger partial charge in [0.05, 0.1) is 11.3 Å². The van der Waals surface area contributed by atoms with Crippen LogP contribution in [0, 0.1) is 5.92 Å². The van der Waals surface area contributed by atoms with Crippen molar-refractivity contribution in [2.75, 3.05) is 12.3 Å². The fourth-order valence-corrected chi connectivity index (χ4v) is 4.22. The summed E-state index contributed by atoms with van der Waals surface area (Å²) in [5.74, 6) is -0.428. The summed E-state index contributed by atoms with van der Waals surface area (Å²) >= 11 is 0. The Bertz CT molecular complexity index is 817. The van der Waals surface area contributed by atoms with Crippen LogP contribution >= 0.6 is 10.7 Å². The van der Waals surface area contributed by atoms with Gasteiger partial charge in [-0.25, -0.2) is 8.42 Å². The van der Waals surface area contributed by atoms with E-state index in [9.17, 15) is 13.2 Å². The molecule has 1 atom stereocenters. The lowest BCUT2D eigenvalue weighted by atomic mass is 10.1. The van der Waals surface area contributed by atoms with E-state index in [-0.39, 0.29) is 24.0 Å². The molecule has 5 nitrogen and oxygen atoms in total. The fourth-order valence-electron chi connectivity index (χ4n) is 2.90. The van der Waals surface area contributed by atoms with E-state index in [0.29, 0.717) is 13.1 Å². The first-order valence-corrected chi connectivity index (χ1v) is 9.43. The van der Waals surface area contributed by atoms with E-state index >= 15 is 0 Å². The van der Waals surface area contributed by atoms with Crippen LogP contribution in [0.15, 0.2) is 36.5 Å². The summed E-state index contributed by atoms with van der Waals surface area (Å²) in [6.45, 7) is 0.877. The number of aromatic nitrogens is 1. The average molecular weight is 339 g/mol. The lowest BCUT2D eigenvalue weighted by molar-refractivity contribution is -0.128. The number of pyridine rings is 1. The van der Waals surface area contributed by atoms with Crippen LogP contribution in [0.2, 0.25) is 0 Å². The number of rotatable bonds is 4. The zero-order valence-electron chi connectivity index (χ0n) is 11.8. The third kappa shape index (κ3) is 3.39. The summed E-state index contributed by atoms with van der Waals surface area (Å²) in [4.78, 5) is 18.1. The molecule has 1 amide bonds. The van der Waals surface area contributed by atoms with Crippen molar-refractivity contribution in [2.24, 2.45) is 5.92 Å². The van der Waals surface area contributed by atoms with Crippen LogP contribution in [0.4, 0.5) is 0 Å². The quantitative estimate of drug-likeness (QED) is 0.801. The van der Waals surface area contributed by atoms with Gasteiger partial charge in [-0.2, -0.15) is 0 Å². The highest BCUT2D eigenvalue weighted by atomic mass is 35.7. The van der Waals surface area contributed by atoms with Crippen molar-refractivity contribution < 1.29 is 13.2 Å². The Morgan fingerprint density at radius 1 is 1.27 bits per heavy atom. The maximum absolute atomic E-state index is 12.1. The molecule has 1 aromatic carbocycles. The average Bonchev–Trinajstić information content (AvgIpc) is 2.77. The minimum absolute atomic E-state index is 0.0359. The van der Waals surface area contributed by atoms with Gasteiger partial charge in [-0.3, -0.25) is 9.78 Å². The molecule has 1 aliphatic rings. The highest BCUT2D eigenvalue weighted by Gasteiger charge is 2.32. The van der Waals surface area contributed by atoms with Crippen LogP contribution in [0.25, 0.3) is 10.9 Å². The second-order valence-corrected chi connectivity index (χ2v) is 8.36. The van der Waals surface area contributed by atoms with Gasteiger partial charge in [0.1, 0.15) is 0 Å². The molecule has 0 radical (unpaired) electrons. The first-order valence-electron chi connectivity index (χ1n) is 6.95. The van der Waals surface area contributed by atoms with E-state index in [1.54, 1.807) is 11.1 Å². The topological polar surface area (TPSA) is 67.3 Å². The SMILES string of the molecule is O=C1CC(CS(=O)(=O)Cl)CN1Cc1ccnc2ccccc12. The smallest absolute Gasteiger partial charge is 0.232 e. The summed E-state index contributed by atoms with van der Waals surface area (Å²) in [7, 11) is 1.70. The van der Waals surface area contributed by atoms with Gasteiger partial charge in [0.25, 0.3) is 0 Å². The van der Waals surface area contributed by atoms with Gasteiger partial charge in [-0.1, -0.05) is 18.2 Å². The Balaban J connectivity index is 1.79. The van der Waals surface area contributed by atoms with Crippen LogP contribution < -0.4 is 0 Å². The van der Waals surface area contributed by atoms with E-state index in [1.165, 1.54) is 0 Å². The number of fused-ring (bicyclic) bond motifs is 1. The predicted octanol–water partition coefficient (Wildman–Crippen LogP) is 2.15. The van der Waals surface area contributed by atoms with Gasteiger partial charge in [0, 0.05) is 47.7 Å². The normalized spacial score (nSPS) is 19.0. The molecule has 1 fully saturated rings. The highest BCUT2D eigenvalue weighted by Crippen LogP contribution is 2.25. The van der Waals surface area contributed by atoms with Gasteiger partial charge in [-0.05, 0) is 17.7 Å². The van der Waals surface area contributed by atoms with Gasteiger partial charge in [0.2, 0.25) is 15.0 Å². The Morgan fingerprint density at radius 3 is 2.82 bits per heavy atom. The molecule has 0 bridgehead atoms. The number of halogens is 1. The molecule has 0 aliphatic carbocycles. The summed E-state index contributed by atoms with van der Waals surface area (Å²) in [5.41, 5.74) is 1.89. The van der Waals surface area contributed by atoms with E-state index in [0.717, 1.165) is 16.5 Å². The van der Waals surface area contributed by atoms with Gasteiger partial charge >= 0.3 is 0 Å². The number of hydrogen-bond acceptors (Lipinski definition) is 4. The molecule has 0 saturated carbocycles. The first-order chi connectivity index (χ1) is 10.4. The number of carbonyl (C=O) groups is 1. The number of carbonyl (C=O) groups excluding carboxylic acids is 1. The van der Waals surface area contributed by atoms with E-state index in [1.807, 2.05) is 30.3 Å². The minimum atomic E-state index is -3.58. The van der Waals surface area contributed by atoms with E-state index in [2.05, 4.69) is 4.98 Å². The van der Waals surface area contributed by atoms with Crippen LogP contribution in [0.5, 0.6) is 0 Å². The molecule has 1 saturated heterocycles. The van der Waals surface area contributed by atoms with Crippen molar-refractivity contribution in [2.45, 2.75) is 13.0 Å². The van der Waals surface area contributed by atoms with Gasteiger partial charge < -0.3 is 4.90 Å². The molecule has 1 aliphatic heterocycles. The monoisotopic (exact) mass is 338 g/mol. The Kier molecular flexibility index (Phi) is 4.06. The molecule has 1 unspecified atom stereocenters. The van der Waals surface area contributed by atoms with Crippen molar-refractivity contribution in [1.29, 1.82) is 0 Å². The molecule has 2 heterocycles. The predicted molar refractivity (Wildman–Crippen MR) is 84.9 cm³/mol. The third-order valence-corrected chi connectivity index (χ3v) is 5.08. The molecule has 22 heavy (non-hydrogen) atoms. The Hall–Kier alpha value is -1.66. The maximum Gasteiger partial charge on any atom is 0.232 e. The van der Waals surface area contributed by atoms with Crippen molar-refractivity contribution in [3.05, 3.63) is 42.1 Å². The molecule has 116 valence electrons. The van der Waals surface area contributed by atoms with Crippen molar-refractivity contribution >= 4 is 36.5 Å². The van der Waals surface area contributed by atoms with E-state index in [4.69, 9.17) is 10.7 Å². The molecule has 0 spiro atoms. The third-order valence-electron chi connectivity index (χ3n) is 3.83. The number of amides is 1. The Labute approximate surface area is 133 Å². The lowest BCUT2D eigenvalue weighted by Crippen LogP contribution is -2.25. The zero-order chi connectivity index (χ0) is 15.7. The molecule has 1 aromatic heterocycles. The Morgan fingerprint density at radius 2 is 2.05 bits per heavy atom. The zero-order valence-corrected chi connectivity index (χ0v) is 13.3. The fraction of sp³-hybridized carbons (Fsp3) is 0.333. The summed E-state index contributed by atoms with van der Waals surface area (Å²) in [6, 6.07) is 9.64. The standard InChI is InChI=1S/C15H15ClN2O3S/c16-22(20,21)10-11-7-15(19)18(8-11)9-12-5-6-17-14-4-2-1-3-13(12)14/h1-6,11H,7-10H2. The molecular weight excluding hydrogens is 324 g/mol. The molecule has 7 heteroatoms. The highest BCUT2D eigenvalue weighted by molar-refractivity contribution is 8.13. The minimum Gasteiger partial charge on any atom is -0.338 e. The van der Waals surface area contributed by atoms with Crippen molar-refractivity contribution in [3.8, 4) is 0 Å². The lowest BCUT2D eigenvalue weighted by Gasteiger charge is -2.17. The second kappa shape index (κ2) is 5.85. The van der Waals surface area contributed by atoms with Gasteiger partial charge in [-0.15, -0.1) is 0 Å². The molecule has 3 rings (SSSR count). The van der Waals surface area contributed by atoms with Gasteiger partial charge in [0.15, 0.2) is 0 Å². The van der Waals surface area contributed by atoms with Crippen LogP contribution in [0.3, 0.4) is 0 Å².